The molecule has 3 aromatic rings. The summed E-state index contributed by atoms with van der Waals surface area (Å²) in [5.41, 5.74) is 1.82. The maximum atomic E-state index is 13.5. The molecule has 0 aliphatic heterocycles. The van der Waals surface area contributed by atoms with Crippen molar-refractivity contribution >= 4 is 44.8 Å². The van der Waals surface area contributed by atoms with E-state index in [1.54, 1.807) is 55.6 Å². The van der Waals surface area contributed by atoms with Gasteiger partial charge in [0.1, 0.15) is 6.54 Å². The smallest absolute Gasteiger partial charge is 0.264 e. The summed E-state index contributed by atoms with van der Waals surface area (Å²) in [6.07, 6.45) is 0.644. The first-order chi connectivity index (χ1) is 17.2. The summed E-state index contributed by atoms with van der Waals surface area (Å²) in [5, 5.41) is 5.86. The summed E-state index contributed by atoms with van der Waals surface area (Å²) in [6.45, 7) is 2.30. The Balaban J connectivity index is 1.84. The van der Waals surface area contributed by atoms with Gasteiger partial charge < -0.3 is 15.4 Å². The average Bonchev–Trinajstić information content (AvgIpc) is 2.86. The minimum atomic E-state index is -4.09. The van der Waals surface area contributed by atoms with Crippen LogP contribution in [0.15, 0.2) is 77.7 Å². The minimum Gasteiger partial charge on any atom is -0.385 e. The molecule has 0 heterocycles. The Kier molecular flexibility index (Phi) is 9.46. The quantitative estimate of drug-likeness (QED) is 0.361. The number of carbonyl (C=O) groups excluding carboxylic acids is 2. The number of ether oxygens (including phenoxy) is 1. The maximum absolute atomic E-state index is 13.5. The summed E-state index contributed by atoms with van der Waals surface area (Å²) < 4.78 is 33.0. The molecule has 3 rings (SSSR count). The van der Waals surface area contributed by atoms with E-state index >= 15 is 0 Å². The van der Waals surface area contributed by atoms with Gasteiger partial charge in [0.2, 0.25) is 5.91 Å². The molecule has 0 atom stereocenters. The van der Waals surface area contributed by atoms with Gasteiger partial charge >= 0.3 is 0 Å². The third kappa shape index (κ3) is 7.07. The number of aryl methyl sites for hydroxylation is 1. The fourth-order valence-corrected chi connectivity index (χ4v) is 4.93. The van der Waals surface area contributed by atoms with E-state index in [9.17, 15) is 18.0 Å². The van der Waals surface area contributed by atoms with Crippen molar-refractivity contribution in [3.63, 3.8) is 0 Å². The Morgan fingerprint density at radius 1 is 0.972 bits per heavy atom. The number of rotatable bonds is 11. The highest BCUT2D eigenvalue weighted by Gasteiger charge is 2.27. The number of para-hydroxylation sites is 1. The van der Waals surface area contributed by atoms with Crippen LogP contribution in [-0.4, -0.2) is 47.0 Å². The predicted octanol–water partition coefficient (Wildman–Crippen LogP) is 4.25. The lowest BCUT2D eigenvalue weighted by atomic mass is 10.1. The molecule has 0 radical (unpaired) electrons. The largest absolute Gasteiger partial charge is 0.385 e. The van der Waals surface area contributed by atoms with Crippen LogP contribution in [0, 0.1) is 6.92 Å². The molecular formula is C26H28ClN3O5S. The number of anilines is 2. The van der Waals surface area contributed by atoms with Crippen LogP contribution in [-0.2, 0) is 19.6 Å². The highest BCUT2D eigenvalue weighted by Crippen LogP contribution is 2.25. The van der Waals surface area contributed by atoms with E-state index in [-0.39, 0.29) is 22.1 Å². The molecule has 0 fully saturated rings. The number of methoxy groups -OCH3 is 1. The summed E-state index contributed by atoms with van der Waals surface area (Å²) in [4.78, 5) is 25.7. The molecule has 10 heteroatoms. The van der Waals surface area contributed by atoms with E-state index in [1.807, 2.05) is 6.92 Å². The van der Waals surface area contributed by atoms with Gasteiger partial charge in [-0.1, -0.05) is 41.4 Å². The van der Waals surface area contributed by atoms with Crippen LogP contribution in [0.1, 0.15) is 22.3 Å². The van der Waals surface area contributed by atoms with Gasteiger partial charge in [-0.2, -0.15) is 0 Å². The van der Waals surface area contributed by atoms with Crippen LogP contribution in [0.3, 0.4) is 0 Å². The van der Waals surface area contributed by atoms with Gasteiger partial charge in [-0.25, -0.2) is 8.42 Å². The second-order valence-electron chi connectivity index (χ2n) is 8.00. The number of hydrogen-bond acceptors (Lipinski definition) is 5. The van der Waals surface area contributed by atoms with Gasteiger partial charge in [-0.05, 0) is 61.9 Å². The number of hydrogen-bond donors (Lipinski definition) is 2. The number of amides is 2. The SMILES string of the molecule is COCCCNC(=O)c1ccccc1NC(=O)CN(c1ccc(C)cc1)S(=O)(=O)c1ccc(Cl)cc1. The topological polar surface area (TPSA) is 105 Å². The van der Waals surface area contributed by atoms with E-state index in [0.717, 1.165) is 9.87 Å². The lowest BCUT2D eigenvalue weighted by molar-refractivity contribution is -0.114. The normalized spacial score (nSPS) is 11.1. The van der Waals surface area contributed by atoms with E-state index in [2.05, 4.69) is 10.6 Å². The lowest BCUT2D eigenvalue weighted by Crippen LogP contribution is -2.38. The summed E-state index contributed by atoms with van der Waals surface area (Å²) >= 11 is 5.93. The van der Waals surface area contributed by atoms with E-state index in [1.165, 1.54) is 24.3 Å². The van der Waals surface area contributed by atoms with Gasteiger partial charge in [0.15, 0.2) is 0 Å². The first kappa shape index (κ1) is 27.2. The van der Waals surface area contributed by atoms with E-state index < -0.39 is 22.5 Å². The number of nitrogens with one attached hydrogen (secondary N) is 2. The van der Waals surface area contributed by atoms with Gasteiger partial charge in [0.25, 0.3) is 15.9 Å². The van der Waals surface area contributed by atoms with Gasteiger partial charge in [-0.3, -0.25) is 13.9 Å². The van der Waals surface area contributed by atoms with Gasteiger partial charge in [-0.15, -0.1) is 0 Å². The zero-order valence-corrected chi connectivity index (χ0v) is 21.6. The van der Waals surface area contributed by atoms with Crippen LogP contribution in [0.5, 0.6) is 0 Å². The van der Waals surface area contributed by atoms with Gasteiger partial charge in [0.05, 0.1) is 21.8 Å². The number of sulfonamides is 1. The van der Waals surface area contributed by atoms with Crippen molar-refractivity contribution in [2.45, 2.75) is 18.2 Å². The summed E-state index contributed by atoms with van der Waals surface area (Å²) in [5.74, 6) is -0.959. The molecule has 36 heavy (non-hydrogen) atoms. The zero-order chi connectivity index (χ0) is 26.1. The molecule has 0 saturated carbocycles. The Hall–Kier alpha value is -3.40. The van der Waals surface area contributed by atoms with E-state index in [0.29, 0.717) is 30.3 Å². The van der Waals surface area contributed by atoms with Crippen LogP contribution >= 0.6 is 11.6 Å². The van der Waals surface area contributed by atoms with Crippen molar-refractivity contribution in [3.8, 4) is 0 Å². The molecule has 8 nitrogen and oxygen atoms in total. The Morgan fingerprint density at radius 3 is 2.31 bits per heavy atom. The minimum absolute atomic E-state index is 0.00360. The second-order valence-corrected chi connectivity index (χ2v) is 10.3. The molecule has 0 unspecified atom stereocenters. The highest BCUT2D eigenvalue weighted by atomic mass is 35.5. The lowest BCUT2D eigenvalue weighted by Gasteiger charge is -2.24. The molecule has 0 aliphatic carbocycles. The fourth-order valence-electron chi connectivity index (χ4n) is 3.38. The van der Waals surface area contributed by atoms with E-state index in [4.69, 9.17) is 16.3 Å². The molecule has 2 N–H and O–H groups in total. The van der Waals surface area contributed by atoms with Gasteiger partial charge in [0, 0.05) is 25.3 Å². The standard InChI is InChI=1S/C26H28ClN3O5S/c1-19-8-12-21(13-9-19)30(36(33,34)22-14-10-20(27)11-15-22)18-25(31)29-24-7-4-3-6-23(24)26(32)28-16-5-17-35-2/h3-4,6-15H,5,16-18H2,1-2H3,(H,28,32)(H,29,31). The van der Waals surface area contributed by atoms with Crippen LogP contribution < -0.4 is 14.9 Å². The van der Waals surface area contributed by atoms with Crippen molar-refractivity contribution in [1.82, 2.24) is 5.32 Å². The fraction of sp³-hybridized carbons (Fsp3) is 0.231. The molecule has 0 aliphatic rings. The molecule has 0 aromatic heterocycles. The zero-order valence-electron chi connectivity index (χ0n) is 20.0. The molecule has 0 bridgehead atoms. The number of carbonyl (C=O) groups is 2. The van der Waals surface area contributed by atoms with Crippen LogP contribution in [0.2, 0.25) is 5.02 Å². The van der Waals surface area contributed by atoms with Crippen molar-refractivity contribution in [2.24, 2.45) is 0 Å². The molecule has 0 saturated heterocycles. The predicted molar refractivity (Wildman–Crippen MR) is 141 cm³/mol. The second kappa shape index (κ2) is 12.5. The number of benzene rings is 3. The first-order valence-corrected chi connectivity index (χ1v) is 13.0. The average molecular weight is 530 g/mol. The molecular weight excluding hydrogens is 502 g/mol. The number of halogens is 1. The van der Waals surface area contributed by atoms with Crippen LogP contribution in [0.4, 0.5) is 11.4 Å². The molecule has 190 valence electrons. The van der Waals surface area contributed by atoms with Crippen molar-refractivity contribution in [1.29, 1.82) is 0 Å². The first-order valence-electron chi connectivity index (χ1n) is 11.2. The Labute approximate surface area is 216 Å². The monoisotopic (exact) mass is 529 g/mol. The molecule has 2 amide bonds. The third-order valence-electron chi connectivity index (χ3n) is 5.27. The molecule has 3 aromatic carbocycles. The Bertz CT molecular complexity index is 1300. The van der Waals surface area contributed by atoms with Crippen molar-refractivity contribution in [2.75, 3.05) is 36.4 Å². The third-order valence-corrected chi connectivity index (χ3v) is 7.31. The summed E-state index contributed by atoms with van der Waals surface area (Å²) in [6, 6.07) is 19.1. The maximum Gasteiger partial charge on any atom is 0.264 e. The summed E-state index contributed by atoms with van der Waals surface area (Å²) in [7, 11) is -2.51. The van der Waals surface area contributed by atoms with Crippen LogP contribution in [0.25, 0.3) is 0 Å². The van der Waals surface area contributed by atoms with Crippen molar-refractivity contribution in [3.05, 3.63) is 88.9 Å². The highest BCUT2D eigenvalue weighted by molar-refractivity contribution is 7.92. The number of nitrogens with zero attached hydrogens (tertiary/aromatic N) is 1. The molecule has 0 spiro atoms. The van der Waals surface area contributed by atoms with Crippen molar-refractivity contribution < 1.29 is 22.7 Å². The Morgan fingerprint density at radius 2 is 1.64 bits per heavy atom.